The van der Waals surface area contributed by atoms with E-state index in [4.69, 9.17) is 14.9 Å². The number of ether oxygens (including phenoxy) is 1. The number of alkyl carbamates (subject to hydrolysis) is 1. The molecular weight excluding hydrogens is 648 g/mol. The number of allylic oxidation sites excluding steroid dienone is 1. The number of hydrogen-bond acceptors (Lipinski definition) is 7. The quantitative estimate of drug-likeness (QED) is 0.291. The van der Waals surface area contributed by atoms with Crippen LogP contribution in [0.2, 0.25) is 0 Å². The van der Waals surface area contributed by atoms with E-state index >= 15 is 0 Å². The van der Waals surface area contributed by atoms with Crippen LogP contribution in [0.15, 0.2) is 73.3 Å². The third-order valence-corrected chi connectivity index (χ3v) is 10.0. The highest BCUT2D eigenvalue weighted by Crippen LogP contribution is 2.45. The molecule has 0 unspecified atom stereocenters. The number of carbonyl (C=O) groups excluding carboxylic acids is 3. The molecule has 1 saturated carbocycles. The van der Waals surface area contributed by atoms with Gasteiger partial charge in [0.25, 0.3) is 0 Å². The Bertz CT molecular complexity index is 1880. The lowest BCUT2D eigenvalue weighted by Crippen LogP contribution is -2.59. The van der Waals surface area contributed by atoms with Crippen LogP contribution < -0.4 is 10.6 Å². The highest BCUT2D eigenvalue weighted by molar-refractivity contribution is 5.96. The lowest BCUT2D eigenvalue weighted by atomic mass is 9.85. The van der Waals surface area contributed by atoms with E-state index in [0.717, 1.165) is 16.7 Å². The van der Waals surface area contributed by atoms with E-state index in [1.165, 1.54) is 11.0 Å². The maximum absolute atomic E-state index is 14.6. The third-order valence-electron chi connectivity index (χ3n) is 10.0. The summed E-state index contributed by atoms with van der Waals surface area (Å²) in [4.78, 5) is 57.4. The van der Waals surface area contributed by atoms with E-state index in [9.17, 15) is 24.3 Å². The van der Waals surface area contributed by atoms with Gasteiger partial charge in [0.2, 0.25) is 11.8 Å². The number of nitrogens with one attached hydrogen (secondary N) is 2. The summed E-state index contributed by atoms with van der Waals surface area (Å²) < 4.78 is 5.84. The van der Waals surface area contributed by atoms with Crippen molar-refractivity contribution in [2.75, 3.05) is 6.54 Å². The summed E-state index contributed by atoms with van der Waals surface area (Å²) in [6.07, 6.45) is 6.32. The zero-order valence-corrected chi connectivity index (χ0v) is 29.8. The van der Waals surface area contributed by atoms with Crippen LogP contribution >= 0.6 is 0 Å². The molecule has 1 aromatic heterocycles. The van der Waals surface area contributed by atoms with Crippen molar-refractivity contribution in [1.29, 1.82) is 0 Å². The van der Waals surface area contributed by atoms with E-state index in [0.29, 0.717) is 24.2 Å². The molecule has 3 heterocycles. The van der Waals surface area contributed by atoms with Gasteiger partial charge in [-0.1, -0.05) is 87.5 Å². The van der Waals surface area contributed by atoms with Crippen LogP contribution in [0.4, 0.5) is 4.79 Å². The summed E-state index contributed by atoms with van der Waals surface area (Å²) in [5.74, 6) is -2.71. The molecule has 3 aromatic rings. The number of carboxylic acids is 1. The first-order valence-corrected chi connectivity index (χ1v) is 17.4. The molecule has 5 atom stereocenters. The van der Waals surface area contributed by atoms with E-state index in [1.54, 1.807) is 4.80 Å². The van der Waals surface area contributed by atoms with Crippen molar-refractivity contribution in [2.24, 2.45) is 11.3 Å². The fourth-order valence-electron chi connectivity index (χ4n) is 6.97. The minimum Gasteiger partial charge on any atom is -0.479 e. The number of aliphatic carboxylic acids is 1. The Morgan fingerprint density at radius 2 is 1.75 bits per heavy atom. The van der Waals surface area contributed by atoms with Crippen LogP contribution in [0, 0.1) is 11.3 Å². The second-order valence-corrected chi connectivity index (χ2v) is 15.5. The van der Waals surface area contributed by atoms with Crippen molar-refractivity contribution < 1.29 is 29.0 Å². The predicted octanol–water partition coefficient (Wildman–Crippen LogP) is 5.63. The number of rotatable bonds is 5. The predicted molar refractivity (Wildman–Crippen MR) is 192 cm³/mol. The van der Waals surface area contributed by atoms with Gasteiger partial charge in [0.05, 0.1) is 6.04 Å². The highest BCUT2D eigenvalue weighted by Gasteiger charge is 2.61. The van der Waals surface area contributed by atoms with Gasteiger partial charge in [0.15, 0.2) is 0 Å². The van der Waals surface area contributed by atoms with Gasteiger partial charge in [0, 0.05) is 30.0 Å². The molecule has 2 fully saturated rings. The first-order valence-electron chi connectivity index (χ1n) is 17.4. The highest BCUT2D eigenvalue weighted by atomic mass is 16.6. The Kier molecular flexibility index (Phi) is 9.39. The largest absolute Gasteiger partial charge is 0.479 e. The lowest BCUT2D eigenvalue weighted by Gasteiger charge is -2.36. The number of carboxylic acid groups (broad SMARTS) is 1. The SMILES string of the molecule is C=C[C@@H]1C[C@]1(NC(=O)[C@@H]1C[C@@H]2CN1C(=O)[C@H](C(C)(C)C)NC(=O)OC(C)(C)CC/C=C/c1cccc(c1)-c1nn2nc1-c1ccccc1)C(=O)O. The Labute approximate surface area is 297 Å². The Morgan fingerprint density at radius 3 is 2.39 bits per heavy atom. The Morgan fingerprint density at radius 1 is 1.06 bits per heavy atom. The second kappa shape index (κ2) is 13.5. The summed E-state index contributed by atoms with van der Waals surface area (Å²) in [5.41, 5.74) is 0.832. The van der Waals surface area contributed by atoms with E-state index in [1.807, 2.05) is 101 Å². The van der Waals surface area contributed by atoms with Crippen molar-refractivity contribution in [3.05, 3.63) is 78.9 Å². The number of nitrogens with zero attached hydrogens (tertiary/aromatic N) is 4. The summed E-state index contributed by atoms with van der Waals surface area (Å²) in [6.45, 7) is 12.9. The molecule has 1 saturated heterocycles. The fourth-order valence-corrected chi connectivity index (χ4v) is 6.97. The number of cyclic esters (lactones) is 1. The molecule has 1 aliphatic carbocycles. The average molecular weight is 695 g/mol. The zero-order chi connectivity index (χ0) is 36.7. The molecular formula is C39H46N6O6. The van der Waals surface area contributed by atoms with E-state index < -0.39 is 64.5 Å². The monoisotopic (exact) mass is 694 g/mol. The molecule has 12 nitrogen and oxygen atoms in total. The molecule has 12 heteroatoms. The van der Waals surface area contributed by atoms with Crippen molar-refractivity contribution in [3.63, 3.8) is 0 Å². The normalized spacial score (nSPS) is 26.8. The minimum absolute atomic E-state index is 0.0435. The van der Waals surface area contributed by atoms with Gasteiger partial charge in [-0.3, -0.25) is 9.59 Å². The maximum atomic E-state index is 14.6. The first-order chi connectivity index (χ1) is 24.1. The second-order valence-electron chi connectivity index (χ2n) is 15.5. The number of fused-ring (bicyclic) bond motifs is 8. The van der Waals surface area contributed by atoms with Crippen LogP contribution in [0.3, 0.4) is 0 Å². The van der Waals surface area contributed by atoms with Crippen molar-refractivity contribution in [3.8, 4) is 22.5 Å². The van der Waals surface area contributed by atoms with E-state index in [2.05, 4.69) is 17.2 Å². The average Bonchev–Trinajstić information content (AvgIpc) is 3.38. The standard InChI is InChI=1S/C39H46N6O6/c1-7-27-22-39(27,35(48)49)41-33(46)29-21-28-23-44(29)34(47)32(37(2,3)4)40-36(50)51-38(5,6)19-12-11-14-24-15-13-18-26(20-24)31-30(42-45(28)43-31)25-16-9-8-10-17-25/h7-11,13-18,20,27-29,32H,1,12,19,21-23H2,2-6H3,(H,40,50)(H,41,46)(H,48,49)/b14-11+/t27-,28-,29+,32-,39-/m1/s1. The van der Waals surface area contributed by atoms with Crippen molar-refractivity contribution >= 4 is 30.0 Å². The molecule has 2 aliphatic heterocycles. The summed E-state index contributed by atoms with van der Waals surface area (Å²) in [6, 6.07) is 15.0. The van der Waals surface area contributed by atoms with Crippen LogP contribution in [0.1, 0.15) is 71.9 Å². The van der Waals surface area contributed by atoms with E-state index in [-0.39, 0.29) is 19.4 Å². The number of carbonyl (C=O) groups is 4. The molecule has 51 heavy (non-hydrogen) atoms. The van der Waals surface area contributed by atoms with Crippen LogP contribution in [-0.4, -0.2) is 78.6 Å². The molecule has 6 rings (SSSR count). The topological polar surface area (TPSA) is 156 Å². The smallest absolute Gasteiger partial charge is 0.408 e. The van der Waals surface area contributed by atoms with Crippen LogP contribution in [0.25, 0.3) is 28.6 Å². The Balaban J connectivity index is 1.46. The molecule has 3 aliphatic rings. The molecule has 2 aromatic carbocycles. The molecule has 3 amide bonds. The molecule has 3 N–H and O–H groups in total. The van der Waals surface area contributed by atoms with Crippen molar-refractivity contribution in [2.45, 2.75) is 89.6 Å². The van der Waals surface area contributed by atoms with Gasteiger partial charge in [-0.05, 0) is 50.2 Å². The van der Waals surface area contributed by atoms with Crippen LogP contribution in [0.5, 0.6) is 0 Å². The van der Waals surface area contributed by atoms with Gasteiger partial charge in [-0.25, -0.2) is 9.59 Å². The minimum atomic E-state index is -1.50. The van der Waals surface area contributed by atoms with Gasteiger partial charge < -0.3 is 25.4 Å². The summed E-state index contributed by atoms with van der Waals surface area (Å²) in [7, 11) is 0. The van der Waals surface area contributed by atoms with Gasteiger partial charge in [-0.15, -0.1) is 6.58 Å². The summed E-state index contributed by atoms with van der Waals surface area (Å²) >= 11 is 0. The molecule has 0 radical (unpaired) electrons. The number of amides is 3. The fraction of sp³-hybridized carbons (Fsp3) is 0.436. The van der Waals surface area contributed by atoms with Gasteiger partial charge in [0.1, 0.15) is 34.6 Å². The zero-order valence-electron chi connectivity index (χ0n) is 29.8. The number of benzene rings is 2. The lowest BCUT2D eigenvalue weighted by molar-refractivity contribution is -0.146. The Hall–Kier alpha value is -5.26. The molecule has 268 valence electrons. The molecule has 0 spiro atoms. The maximum Gasteiger partial charge on any atom is 0.408 e. The van der Waals surface area contributed by atoms with Gasteiger partial charge in [-0.2, -0.15) is 15.0 Å². The first kappa shape index (κ1) is 35.6. The third kappa shape index (κ3) is 7.31. The van der Waals surface area contributed by atoms with Crippen LogP contribution in [-0.2, 0) is 19.1 Å². The summed E-state index contributed by atoms with van der Waals surface area (Å²) in [5, 5.41) is 25.6. The number of hydrogen-bond donors (Lipinski definition) is 3. The van der Waals surface area contributed by atoms with Gasteiger partial charge >= 0.3 is 12.1 Å². The molecule has 6 bridgehead atoms. The van der Waals surface area contributed by atoms with Crippen molar-refractivity contribution in [1.82, 2.24) is 30.5 Å². The number of aromatic nitrogens is 3.